The van der Waals surface area contributed by atoms with Gasteiger partial charge in [0, 0.05) is 20.7 Å². The van der Waals surface area contributed by atoms with Crippen LogP contribution in [-0.4, -0.2) is 5.91 Å². The monoisotopic (exact) mass is 357 g/mol. The molecule has 2 nitrogen and oxygen atoms in total. The van der Waals surface area contributed by atoms with Crippen LogP contribution in [0.5, 0.6) is 0 Å². The van der Waals surface area contributed by atoms with Crippen molar-refractivity contribution in [1.82, 2.24) is 4.72 Å². The van der Waals surface area contributed by atoms with Crippen molar-refractivity contribution in [3.63, 3.8) is 0 Å². The fraction of sp³-hybridized carbons (Fsp3) is 0.0556. The first-order valence-electron chi connectivity index (χ1n) is 7.06. The lowest BCUT2D eigenvalue weighted by Crippen LogP contribution is -2.16. The predicted molar refractivity (Wildman–Crippen MR) is 99.4 cm³/mol. The van der Waals surface area contributed by atoms with Gasteiger partial charge < -0.3 is 0 Å². The summed E-state index contributed by atoms with van der Waals surface area (Å²) in [5.74, 6) is -0.0567. The van der Waals surface area contributed by atoms with Crippen LogP contribution >= 0.6 is 35.0 Å². The quantitative estimate of drug-likeness (QED) is 0.599. The van der Waals surface area contributed by atoms with Crippen molar-refractivity contribution in [2.24, 2.45) is 0 Å². The highest BCUT2D eigenvalue weighted by atomic mass is 32.2. The Morgan fingerprint density at radius 3 is 2.52 bits per heavy atom. The van der Waals surface area contributed by atoms with Gasteiger partial charge in [0.25, 0.3) is 5.91 Å². The zero-order chi connectivity index (χ0) is 16.1. The number of aryl methyl sites for hydroxylation is 1. The Bertz CT molecular complexity index is 799. The number of amides is 1. The van der Waals surface area contributed by atoms with Gasteiger partial charge in [0.2, 0.25) is 0 Å². The number of hydrogen-bond acceptors (Lipinski definition) is 4. The lowest BCUT2D eigenvalue weighted by atomic mass is 10.1. The molecule has 0 atom stereocenters. The number of nitrogens with one attached hydrogen (secondary N) is 1. The standard InChI is InChI=1S/C18H15NOS3/c1-13-7-5-6-10-16(13)18(20)19-23-17-11-15(12-21-17)22-14-8-3-2-4-9-14/h2-12H,1H3,(H,19,20). The average Bonchev–Trinajstić information content (AvgIpc) is 3.01. The first kappa shape index (κ1) is 16.2. The Hall–Kier alpha value is -1.69. The van der Waals surface area contributed by atoms with Gasteiger partial charge in [-0.15, -0.1) is 11.3 Å². The molecule has 0 saturated heterocycles. The molecular weight excluding hydrogens is 342 g/mol. The number of benzene rings is 2. The Kier molecular flexibility index (Phi) is 5.43. The minimum atomic E-state index is -0.0567. The molecule has 0 unspecified atom stereocenters. The molecule has 0 bridgehead atoms. The summed E-state index contributed by atoms with van der Waals surface area (Å²) >= 11 is 4.73. The van der Waals surface area contributed by atoms with Gasteiger partial charge in [-0.3, -0.25) is 9.52 Å². The minimum Gasteiger partial charge on any atom is -0.291 e. The molecule has 0 radical (unpaired) electrons. The van der Waals surface area contributed by atoms with E-state index in [1.807, 2.05) is 49.4 Å². The van der Waals surface area contributed by atoms with Crippen molar-refractivity contribution in [2.75, 3.05) is 0 Å². The Morgan fingerprint density at radius 2 is 1.74 bits per heavy atom. The van der Waals surface area contributed by atoms with Crippen LogP contribution in [0.25, 0.3) is 0 Å². The Morgan fingerprint density at radius 1 is 1.00 bits per heavy atom. The van der Waals surface area contributed by atoms with E-state index in [9.17, 15) is 4.79 Å². The largest absolute Gasteiger partial charge is 0.291 e. The number of carbonyl (C=O) groups excluding carboxylic acids is 1. The molecule has 1 aromatic heterocycles. The molecular formula is C18H15NOS3. The average molecular weight is 358 g/mol. The van der Waals surface area contributed by atoms with Gasteiger partial charge in [-0.05, 0) is 48.7 Å². The van der Waals surface area contributed by atoms with Gasteiger partial charge in [0.05, 0.1) is 4.21 Å². The van der Waals surface area contributed by atoms with E-state index in [-0.39, 0.29) is 5.91 Å². The predicted octanol–water partition coefficient (Wildman–Crippen LogP) is 5.64. The molecule has 5 heteroatoms. The lowest BCUT2D eigenvalue weighted by Gasteiger charge is -2.05. The molecule has 23 heavy (non-hydrogen) atoms. The molecule has 0 spiro atoms. The van der Waals surface area contributed by atoms with Crippen LogP contribution in [0.3, 0.4) is 0 Å². The topological polar surface area (TPSA) is 29.1 Å². The number of rotatable bonds is 5. The van der Waals surface area contributed by atoms with Crippen molar-refractivity contribution in [2.45, 2.75) is 20.9 Å². The summed E-state index contributed by atoms with van der Waals surface area (Å²) in [6.45, 7) is 1.94. The first-order chi connectivity index (χ1) is 11.2. The summed E-state index contributed by atoms with van der Waals surface area (Å²) in [5.41, 5.74) is 1.70. The smallest absolute Gasteiger partial charge is 0.261 e. The SMILES string of the molecule is Cc1ccccc1C(=O)NSc1cc(Sc2ccccc2)cs1. The highest BCUT2D eigenvalue weighted by Crippen LogP contribution is 2.34. The number of hydrogen-bond donors (Lipinski definition) is 1. The van der Waals surface area contributed by atoms with E-state index in [4.69, 9.17) is 0 Å². The van der Waals surface area contributed by atoms with Gasteiger partial charge in [0.15, 0.2) is 0 Å². The summed E-state index contributed by atoms with van der Waals surface area (Å²) in [5, 5.41) is 2.11. The molecule has 0 aliphatic rings. The van der Waals surface area contributed by atoms with E-state index in [1.165, 1.54) is 21.7 Å². The zero-order valence-electron chi connectivity index (χ0n) is 12.5. The third-order valence-electron chi connectivity index (χ3n) is 3.16. The summed E-state index contributed by atoms with van der Waals surface area (Å²) in [4.78, 5) is 14.6. The van der Waals surface area contributed by atoms with E-state index in [1.54, 1.807) is 23.1 Å². The van der Waals surface area contributed by atoms with Gasteiger partial charge in [-0.1, -0.05) is 48.2 Å². The molecule has 0 aliphatic carbocycles. The molecule has 0 aliphatic heterocycles. The molecule has 0 fully saturated rings. The molecule has 1 heterocycles. The van der Waals surface area contributed by atoms with E-state index < -0.39 is 0 Å². The molecule has 116 valence electrons. The van der Waals surface area contributed by atoms with Crippen molar-refractivity contribution in [1.29, 1.82) is 0 Å². The zero-order valence-corrected chi connectivity index (χ0v) is 14.9. The first-order valence-corrected chi connectivity index (χ1v) is 9.58. The maximum Gasteiger partial charge on any atom is 0.261 e. The van der Waals surface area contributed by atoms with Gasteiger partial charge in [0.1, 0.15) is 0 Å². The van der Waals surface area contributed by atoms with Crippen LogP contribution in [0.4, 0.5) is 0 Å². The second-order valence-corrected chi connectivity index (χ2v) is 8.03. The minimum absolute atomic E-state index is 0.0567. The van der Waals surface area contributed by atoms with Crippen LogP contribution in [0.1, 0.15) is 15.9 Å². The van der Waals surface area contributed by atoms with Crippen LogP contribution in [-0.2, 0) is 0 Å². The molecule has 0 saturated carbocycles. The van der Waals surface area contributed by atoms with Crippen molar-refractivity contribution in [3.05, 3.63) is 77.2 Å². The molecule has 3 aromatic rings. The van der Waals surface area contributed by atoms with E-state index in [2.05, 4.69) is 28.3 Å². The highest BCUT2D eigenvalue weighted by molar-refractivity contribution is 8.00. The lowest BCUT2D eigenvalue weighted by molar-refractivity contribution is 0.0984. The third-order valence-corrected chi connectivity index (χ3v) is 6.16. The third kappa shape index (κ3) is 4.41. The summed E-state index contributed by atoms with van der Waals surface area (Å²) in [6, 6.07) is 20.0. The normalized spacial score (nSPS) is 10.5. The summed E-state index contributed by atoms with van der Waals surface area (Å²) in [7, 11) is 0. The fourth-order valence-electron chi connectivity index (χ4n) is 2.01. The molecule has 2 aromatic carbocycles. The summed E-state index contributed by atoms with van der Waals surface area (Å²) in [6.07, 6.45) is 0. The molecule has 1 N–H and O–H groups in total. The van der Waals surface area contributed by atoms with E-state index in [0.29, 0.717) is 0 Å². The van der Waals surface area contributed by atoms with E-state index in [0.717, 1.165) is 15.3 Å². The van der Waals surface area contributed by atoms with Crippen LogP contribution < -0.4 is 4.72 Å². The fourth-order valence-corrected chi connectivity index (χ4v) is 4.69. The highest BCUT2D eigenvalue weighted by Gasteiger charge is 2.09. The maximum atomic E-state index is 12.2. The maximum absolute atomic E-state index is 12.2. The molecule has 1 amide bonds. The summed E-state index contributed by atoms with van der Waals surface area (Å²) < 4.78 is 3.99. The van der Waals surface area contributed by atoms with E-state index >= 15 is 0 Å². The molecule has 3 rings (SSSR count). The van der Waals surface area contributed by atoms with Gasteiger partial charge in [-0.2, -0.15) is 0 Å². The Labute approximate surface area is 148 Å². The number of thiophene rings is 1. The van der Waals surface area contributed by atoms with Crippen molar-refractivity contribution >= 4 is 41.0 Å². The van der Waals surface area contributed by atoms with Crippen LogP contribution in [0.2, 0.25) is 0 Å². The second kappa shape index (κ2) is 7.73. The number of carbonyl (C=O) groups is 1. The van der Waals surface area contributed by atoms with Gasteiger partial charge in [-0.25, -0.2) is 0 Å². The second-order valence-electron chi connectivity index (χ2n) is 4.86. The Balaban J connectivity index is 1.59. The van der Waals surface area contributed by atoms with Crippen molar-refractivity contribution in [3.8, 4) is 0 Å². The van der Waals surface area contributed by atoms with Crippen molar-refractivity contribution < 1.29 is 4.79 Å². The van der Waals surface area contributed by atoms with Crippen LogP contribution in [0.15, 0.2) is 80.0 Å². The van der Waals surface area contributed by atoms with Gasteiger partial charge >= 0.3 is 0 Å². The van der Waals surface area contributed by atoms with Crippen LogP contribution in [0, 0.1) is 6.92 Å².